The predicted molar refractivity (Wildman–Crippen MR) is 65.0 cm³/mol. The summed E-state index contributed by atoms with van der Waals surface area (Å²) in [7, 11) is 0. The van der Waals surface area contributed by atoms with Crippen LogP contribution in [0.5, 0.6) is 0 Å². The molecule has 17 heavy (non-hydrogen) atoms. The van der Waals surface area contributed by atoms with Crippen LogP contribution in [0, 0.1) is 5.82 Å². The first-order valence-electron chi connectivity index (χ1n) is 5.78. The summed E-state index contributed by atoms with van der Waals surface area (Å²) in [6.45, 7) is 2.32. The zero-order valence-corrected chi connectivity index (χ0v) is 9.64. The summed E-state index contributed by atoms with van der Waals surface area (Å²) in [4.78, 5) is 0. The second-order valence-corrected chi connectivity index (χ2v) is 3.89. The fraction of sp³-hybridized carbons (Fsp3) is 0.308. The highest BCUT2D eigenvalue weighted by Crippen LogP contribution is 2.05. The lowest BCUT2D eigenvalue weighted by molar-refractivity contribution is 0.534. The van der Waals surface area contributed by atoms with Gasteiger partial charge in [-0.15, -0.1) is 0 Å². The third-order valence-corrected chi connectivity index (χ3v) is 2.57. The van der Waals surface area contributed by atoms with Crippen molar-refractivity contribution < 1.29 is 4.39 Å². The van der Waals surface area contributed by atoms with Crippen molar-refractivity contribution >= 4 is 0 Å². The Balaban J connectivity index is 1.65. The highest BCUT2D eigenvalue weighted by molar-refractivity contribution is 5.16. The molecular weight excluding hydrogens is 217 g/mol. The van der Waals surface area contributed by atoms with Gasteiger partial charge in [-0.3, -0.25) is 4.68 Å². The summed E-state index contributed by atoms with van der Waals surface area (Å²) >= 11 is 0. The first kappa shape index (κ1) is 11.8. The van der Waals surface area contributed by atoms with Gasteiger partial charge in [0.1, 0.15) is 5.82 Å². The lowest BCUT2D eigenvalue weighted by Crippen LogP contribution is -2.17. The van der Waals surface area contributed by atoms with E-state index >= 15 is 0 Å². The number of halogens is 1. The highest BCUT2D eigenvalue weighted by Gasteiger charge is 1.99. The fourth-order valence-corrected chi connectivity index (χ4v) is 1.66. The van der Waals surface area contributed by atoms with E-state index < -0.39 is 0 Å². The van der Waals surface area contributed by atoms with Gasteiger partial charge in [0.25, 0.3) is 0 Å². The molecule has 0 aliphatic carbocycles. The third-order valence-electron chi connectivity index (χ3n) is 2.57. The van der Waals surface area contributed by atoms with Crippen molar-refractivity contribution in [3.05, 3.63) is 54.1 Å². The Bertz CT molecular complexity index is 440. The van der Waals surface area contributed by atoms with Gasteiger partial charge in [0.2, 0.25) is 0 Å². The zero-order chi connectivity index (χ0) is 11.9. The number of hydrogen-bond acceptors (Lipinski definition) is 2. The summed E-state index contributed by atoms with van der Waals surface area (Å²) in [5.74, 6) is -0.146. The van der Waals surface area contributed by atoms with Crippen molar-refractivity contribution in [2.24, 2.45) is 0 Å². The number of rotatable bonds is 6. The summed E-state index contributed by atoms with van der Waals surface area (Å²) in [5.41, 5.74) is 0.714. The molecule has 1 aromatic carbocycles. The second-order valence-electron chi connectivity index (χ2n) is 3.89. The fourth-order valence-electron chi connectivity index (χ4n) is 1.66. The van der Waals surface area contributed by atoms with Crippen LogP contribution >= 0.6 is 0 Å². The maximum absolute atomic E-state index is 13.3. The molecular formula is C13H16FN3. The van der Waals surface area contributed by atoms with Gasteiger partial charge in [-0.05, 0) is 25.1 Å². The smallest absolute Gasteiger partial charge is 0.127 e. The van der Waals surface area contributed by atoms with Crippen LogP contribution in [0.2, 0.25) is 0 Å². The molecule has 0 saturated carbocycles. The molecule has 1 aromatic heterocycles. The number of benzene rings is 1. The standard InChI is InChI=1S/C13H16FN3/c14-13-6-2-1-5-12(13)11-15-7-3-9-17-10-4-8-16-17/h1-2,4-6,8,10,15H,3,7,9,11H2. The van der Waals surface area contributed by atoms with Crippen LogP contribution in [-0.2, 0) is 13.1 Å². The van der Waals surface area contributed by atoms with Gasteiger partial charge in [-0.1, -0.05) is 18.2 Å². The van der Waals surface area contributed by atoms with Crippen molar-refractivity contribution in [2.75, 3.05) is 6.54 Å². The SMILES string of the molecule is Fc1ccccc1CNCCCn1cccn1. The Kier molecular flexibility index (Phi) is 4.27. The van der Waals surface area contributed by atoms with Gasteiger partial charge in [0, 0.05) is 31.0 Å². The van der Waals surface area contributed by atoms with E-state index in [9.17, 15) is 4.39 Å². The van der Waals surface area contributed by atoms with Gasteiger partial charge in [-0.25, -0.2) is 4.39 Å². The maximum atomic E-state index is 13.3. The number of aryl methyl sites for hydroxylation is 1. The van der Waals surface area contributed by atoms with Crippen LogP contribution in [-0.4, -0.2) is 16.3 Å². The van der Waals surface area contributed by atoms with Gasteiger partial charge < -0.3 is 5.32 Å². The number of nitrogens with one attached hydrogen (secondary N) is 1. The summed E-state index contributed by atoms with van der Waals surface area (Å²) in [5, 5.41) is 7.34. The van der Waals surface area contributed by atoms with Crippen molar-refractivity contribution in [1.82, 2.24) is 15.1 Å². The van der Waals surface area contributed by atoms with Crippen molar-refractivity contribution in [3.63, 3.8) is 0 Å². The minimum absolute atomic E-state index is 0.146. The molecule has 0 radical (unpaired) electrons. The lowest BCUT2D eigenvalue weighted by Gasteiger charge is -2.06. The molecule has 90 valence electrons. The minimum Gasteiger partial charge on any atom is -0.312 e. The van der Waals surface area contributed by atoms with Crippen LogP contribution in [0.1, 0.15) is 12.0 Å². The zero-order valence-electron chi connectivity index (χ0n) is 9.64. The number of nitrogens with zero attached hydrogens (tertiary/aromatic N) is 2. The van der Waals surface area contributed by atoms with E-state index in [1.807, 2.05) is 23.0 Å². The Hall–Kier alpha value is -1.68. The molecule has 4 heteroatoms. The topological polar surface area (TPSA) is 29.9 Å². The molecule has 0 spiro atoms. The third kappa shape index (κ3) is 3.67. The van der Waals surface area contributed by atoms with Crippen molar-refractivity contribution in [1.29, 1.82) is 0 Å². The average Bonchev–Trinajstić information content (AvgIpc) is 2.84. The molecule has 2 rings (SSSR count). The van der Waals surface area contributed by atoms with Crippen molar-refractivity contribution in [2.45, 2.75) is 19.5 Å². The number of hydrogen-bond donors (Lipinski definition) is 1. The van der Waals surface area contributed by atoms with E-state index in [4.69, 9.17) is 0 Å². The molecule has 0 saturated heterocycles. The molecule has 0 aliphatic heterocycles. The molecule has 0 atom stereocenters. The molecule has 3 nitrogen and oxygen atoms in total. The minimum atomic E-state index is -0.146. The van der Waals surface area contributed by atoms with Crippen LogP contribution in [0.3, 0.4) is 0 Å². The molecule has 1 heterocycles. The van der Waals surface area contributed by atoms with E-state index in [0.717, 1.165) is 19.5 Å². The van der Waals surface area contributed by atoms with Crippen LogP contribution < -0.4 is 5.32 Å². The van der Waals surface area contributed by atoms with Crippen LogP contribution in [0.4, 0.5) is 4.39 Å². The monoisotopic (exact) mass is 233 g/mol. The normalized spacial score (nSPS) is 10.6. The van der Waals surface area contributed by atoms with Crippen LogP contribution in [0.25, 0.3) is 0 Å². The van der Waals surface area contributed by atoms with E-state index in [1.165, 1.54) is 6.07 Å². The Labute approximate surface area is 100 Å². The molecule has 0 bridgehead atoms. The molecule has 0 fully saturated rings. The van der Waals surface area contributed by atoms with Crippen molar-refractivity contribution in [3.8, 4) is 0 Å². The molecule has 0 amide bonds. The first-order chi connectivity index (χ1) is 8.36. The Morgan fingerprint density at radius 3 is 2.88 bits per heavy atom. The van der Waals surface area contributed by atoms with E-state index in [1.54, 1.807) is 18.3 Å². The quantitative estimate of drug-likeness (QED) is 0.775. The molecule has 2 aromatic rings. The van der Waals surface area contributed by atoms with Gasteiger partial charge in [-0.2, -0.15) is 5.10 Å². The largest absolute Gasteiger partial charge is 0.312 e. The van der Waals surface area contributed by atoms with Crippen LogP contribution in [0.15, 0.2) is 42.7 Å². The summed E-state index contributed by atoms with van der Waals surface area (Å²) in [6.07, 6.45) is 4.69. The van der Waals surface area contributed by atoms with E-state index in [2.05, 4.69) is 10.4 Å². The molecule has 0 aliphatic rings. The predicted octanol–water partition coefficient (Wildman–Crippen LogP) is 2.20. The average molecular weight is 233 g/mol. The summed E-state index contributed by atoms with van der Waals surface area (Å²) in [6, 6.07) is 8.75. The molecule has 1 N–H and O–H groups in total. The molecule has 0 unspecified atom stereocenters. The van der Waals surface area contributed by atoms with E-state index in [0.29, 0.717) is 12.1 Å². The summed E-state index contributed by atoms with van der Waals surface area (Å²) < 4.78 is 15.2. The van der Waals surface area contributed by atoms with Gasteiger partial charge >= 0.3 is 0 Å². The van der Waals surface area contributed by atoms with Gasteiger partial charge in [0.05, 0.1) is 0 Å². The first-order valence-corrected chi connectivity index (χ1v) is 5.78. The second kappa shape index (κ2) is 6.15. The maximum Gasteiger partial charge on any atom is 0.127 e. The lowest BCUT2D eigenvalue weighted by atomic mass is 10.2. The Morgan fingerprint density at radius 2 is 2.12 bits per heavy atom. The van der Waals surface area contributed by atoms with Gasteiger partial charge in [0.15, 0.2) is 0 Å². The highest BCUT2D eigenvalue weighted by atomic mass is 19.1. The van der Waals surface area contributed by atoms with E-state index in [-0.39, 0.29) is 5.82 Å². The number of aromatic nitrogens is 2. The Morgan fingerprint density at radius 1 is 1.24 bits per heavy atom.